The SMILES string of the molecule is CCCCCCCC/C=C(/CCCCCCCC)N1CCO1. The van der Waals surface area contributed by atoms with Crippen molar-refractivity contribution in [1.29, 1.82) is 0 Å². The Hall–Kier alpha value is -0.500. The van der Waals surface area contributed by atoms with Crippen molar-refractivity contribution in [3.05, 3.63) is 11.8 Å². The average molecular weight is 310 g/mol. The van der Waals surface area contributed by atoms with E-state index in [1.807, 2.05) is 0 Å². The molecule has 2 nitrogen and oxygen atoms in total. The molecule has 1 saturated heterocycles. The highest BCUT2D eigenvalue weighted by molar-refractivity contribution is 5.00. The molecule has 0 radical (unpaired) electrons. The molecule has 130 valence electrons. The van der Waals surface area contributed by atoms with Crippen LogP contribution in [0.2, 0.25) is 0 Å². The van der Waals surface area contributed by atoms with Crippen molar-refractivity contribution in [2.75, 3.05) is 13.2 Å². The Morgan fingerprint density at radius 2 is 1.36 bits per heavy atom. The van der Waals surface area contributed by atoms with E-state index in [-0.39, 0.29) is 0 Å². The van der Waals surface area contributed by atoms with Gasteiger partial charge in [-0.05, 0) is 25.7 Å². The highest BCUT2D eigenvalue weighted by Crippen LogP contribution is 2.21. The molecule has 22 heavy (non-hydrogen) atoms. The van der Waals surface area contributed by atoms with Gasteiger partial charge in [0, 0.05) is 5.70 Å². The first-order chi connectivity index (χ1) is 10.9. The number of hydrogen-bond donors (Lipinski definition) is 0. The molecule has 0 aromatic carbocycles. The van der Waals surface area contributed by atoms with Crippen LogP contribution in [0.5, 0.6) is 0 Å². The van der Waals surface area contributed by atoms with Crippen LogP contribution in [-0.2, 0) is 4.84 Å². The minimum atomic E-state index is 0.908. The van der Waals surface area contributed by atoms with Gasteiger partial charge in [-0.1, -0.05) is 84.1 Å². The van der Waals surface area contributed by atoms with Crippen LogP contribution in [0.1, 0.15) is 104 Å². The van der Waals surface area contributed by atoms with Crippen LogP contribution < -0.4 is 0 Å². The predicted molar refractivity (Wildman–Crippen MR) is 96.7 cm³/mol. The molecule has 0 aliphatic carbocycles. The van der Waals surface area contributed by atoms with Crippen molar-refractivity contribution in [1.82, 2.24) is 5.06 Å². The van der Waals surface area contributed by atoms with Crippen LogP contribution in [0.4, 0.5) is 0 Å². The Morgan fingerprint density at radius 3 is 1.91 bits per heavy atom. The van der Waals surface area contributed by atoms with Crippen LogP contribution in [0, 0.1) is 0 Å². The topological polar surface area (TPSA) is 12.5 Å². The smallest absolute Gasteiger partial charge is 0.0948 e. The van der Waals surface area contributed by atoms with Gasteiger partial charge in [0.25, 0.3) is 0 Å². The molecule has 2 heteroatoms. The van der Waals surface area contributed by atoms with Gasteiger partial charge in [0.1, 0.15) is 0 Å². The molecule has 1 rings (SSSR count). The van der Waals surface area contributed by atoms with Crippen LogP contribution in [-0.4, -0.2) is 18.2 Å². The van der Waals surface area contributed by atoms with Crippen molar-refractivity contribution in [2.45, 2.75) is 104 Å². The third-order valence-electron chi connectivity index (χ3n) is 4.59. The molecular weight excluding hydrogens is 270 g/mol. The molecule has 1 heterocycles. The van der Waals surface area contributed by atoms with Gasteiger partial charge in [0.2, 0.25) is 0 Å². The van der Waals surface area contributed by atoms with Gasteiger partial charge in [-0.25, -0.2) is 0 Å². The largest absolute Gasteiger partial charge is 0.272 e. The standard InChI is InChI=1S/C20H39NO/c1-3-5-7-9-11-13-15-17-20(21-18-19-22-21)16-14-12-10-8-6-4-2/h17H,3-16,18-19H2,1-2H3/b20-17-. The summed E-state index contributed by atoms with van der Waals surface area (Å²) in [5.41, 5.74) is 1.45. The Labute approximate surface area is 139 Å². The van der Waals surface area contributed by atoms with Gasteiger partial charge < -0.3 is 0 Å². The van der Waals surface area contributed by atoms with Gasteiger partial charge >= 0.3 is 0 Å². The quantitative estimate of drug-likeness (QED) is 0.315. The lowest BCUT2D eigenvalue weighted by Gasteiger charge is -2.34. The molecule has 0 amide bonds. The maximum atomic E-state index is 5.56. The van der Waals surface area contributed by atoms with E-state index in [0.717, 1.165) is 13.2 Å². The molecule has 1 fully saturated rings. The lowest BCUT2D eigenvalue weighted by molar-refractivity contribution is -0.223. The zero-order chi connectivity index (χ0) is 15.9. The van der Waals surface area contributed by atoms with E-state index < -0.39 is 0 Å². The van der Waals surface area contributed by atoms with Gasteiger partial charge in [0.05, 0.1) is 13.2 Å². The fourth-order valence-electron chi connectivity index (χ4n) is 3.02. The summed E-state index contributed by atoms with van der Waals surface area (Å²) >= 11 is 0. The number of allylic oxidation sites excluding steroid dienone is 2. The Balaban J connectivity index is 2.10. The zero-order valence-electron chi connectivity index (χ0n) is 15.2. The summed E-state index contributed by atoms with van der Waals surface area (Å²) in [5, 5.41) is 2.13. The van der Waals surface area contributed by atoms with Crippen LogP contribution in [0.15, 0.2) is 11.8 Å². The second-order valence-electron chi connectivity index (χ2n) is 6.71. The van der Waals surface area contributed by atoms with Crippen molar-refractivity contribution in [2.24, 2.45) is 0 Å². The minimum Gasteiger partial charge on any atom is -0.272 e. The maximum absolute atomic E-state index is 5.56. The monoisotopic (exact) mass is 309 g/mol. The Bertz CT molecular complexity index is 271. The second-order valence-corrected chi connectivity index (χ2v) is 6.71. The normalized spacial score (nSPS) is 15.2. The molecule has 0 spiro atoms. The Kier molecular flexibility index (Phi) is 12.5. The maximum Gasteiger partial charge on any atom is 0.0948 e. The van der Waals surface area contributed by atoms with Crippen molar-refractivity contribution in [3.63, 3.8) is 0 Å². The van der Waals surface area contributed by atoms with Crippen molar-refractivity contribution < 1.29 is 4.84 Å². The van der Waals surface area contributed by atoms with E-state index in [4.69, 9.17) is 4.84 Å². The van der Waals surface area contributed by atoms with Crippen LogP contribution in [0.3, 0.4) is 0 Å². The van der Waals surface area contributed by atoms with E-state index >= 15 is 0 Å². The van der Waals surface area contributed by atoms with Gasteiger partial charge in [-0.2, -0.15) is 0 Å². The summed E-state index contributed by atoms with van der Waals surface area (Å²) in [4.78, 5) is 5.56. The number of hydrogen-bond acceptors (Lipinski definition) is 2. The fraction of sp³-hybridized carbons (Fsp3) is 0.900. The van der Waals surface area contributed by atoms with Crippen molar-refractivity contribution in [3.8, 4) is 0 Å². The Morgan fingerprint density at radius 1 is 0.818 bits per heavy atom. The molecule has 0 atom stereocenters. The number of hydroxylamine groups is 2. The summed E-state index contributed by atoms with van der Waals surface area (Å²) < 4.78 is 0. The summed E-state index contributed by atoms with van der Waals surface area (Å²) in [6.07, 6.45) is 21.5. The molecule has 0 unspecified atom stereocenters. The minimum absolute atomic E-state index is 0.908. The summed E-state index contributed by atoms with van der Waals surface area (Å²) in [6, 6.07) is 0. The molecule has 1 aliphatic rings. The molecular formula is C20H39NO. The molecule has 1 aliphatic heterocycles. The second kappa shape index (κ2) is 14.1. The van der Waals surface area contributed by atoms with E-state index in [1.54, 1.807) is 0 Å². The molecule has 0 aromatic heterocycles. The zero-order valence-corrected chi connectivity index (χ0v) is 15.2. The molecule has 0 N–H and O–H groups in total. The van der Waals surface area contributed by atoms with Gasteiger partial charge in [-0.3, -0.25) is 9.90 Å². The van der Waals surface area contributed by atoms with Crippen LogP contribution in [0.25, 0.3) is 0 Å². The summed E-state index contributed by atoms with van der Waals surface area (Å²) in [6.45, 7) is 6.57. The van der Waals surface area contributed by atoms with Gasteiger partial charge in [-0.15, -0.1) is 0 Å². The molecule has 0 saturated carbocycles. The third-order valence-corrected chi connectivity index (χ3v) is 4.59. The van der Waals surface area contributed by atoms with E-state index in [1.165, 1.54) is 95.6 Å². The van der Waals surface area contributed by atoms with E-state index in [9.17, 15) is 0 Å². The predicted octanol–water partition coefficient (Wildman–Crippen LogP) is 6.62. The lowest BCUT2D eigenvalue weighted by atomic mass is 10.1. The number of rotatable bonds is 15. The number of nitrogens with zero attached hydrogens (tertiary/aromatic N) is 1. The van der Waals surface area contributed by atoms with Gasteiger partial charge in [0.15, 0.2) is 0 Å². The highest BCUT2D eigenvalue weighted by atomic mass is 16.7. The van der Waals surface area contributed by atoms with Crippen molar-refractivity contribution >= 4 is 0 Å². The fourth-order valence-corrected chi connectivity index (χ4v) is 3.02. The first kappa shape index (κ1) is 19.5. The molecule has 0 bridgehead atoms. The lowest BCUT2D eigenvalue weighted by Crippen LogP contribution is -2.38. The summed E-state index contributed by atoms with van der Waals surface area (Å²) in [5.74, 6) is 0. The van der Waals surface area contributed by atoms with E-state index in [0.29, 0.717) is 0 Å². The third kappa shape index (κ3) is 9.50. The van der Waals surface area contributed by atoms with Crippen LogP contribution >= 0.6 is 0 Å². The summed E-state index contributed by atoms with van der Waals surface area (Å²) in [7, 11) is 0. The molecule has 0 aromatic rings. The first-order valence-corrected chi connectivity index (χ1v) is 9.98. The average Bonchev–Trinajstić information content (AvgIpc) is 2.47. The highest BCUT2D eigenvalue weighted by Gasteiger charge is 2.17. The van der Waals surface area contributed by atoms with E-state index in [2.05, 4.69) is 25.0 Å². The first-order valence-electron chi connectivity index (χ1n) is 9.98. The number of unbranched alkanes of at least 4 members (excludes halogenated alkanes) is 11.